The lowest BCUT2D eigenvalue weighted by atomic mass is 10.1. The molecule has 0 fully saturated rings. The molecule has 6 heteroatoms. The molecule has 0 aliphatic heterocycles. The number of hydrogen-bond donors (Lipinski definition) is 2. The van der Waals surface area contributed by atoms with Crippen LogP contribution in [-0.2, 0) is 0 Å². The first-order valence-electron chi connectivity index (χ1n) is 6.87. The third-order valence-electron chi connectivity index (χ3n) is 3.10. The van der Waals surface area contributed by atoms with Gasteiger partial charge in [0, 0.05) is 18.3 Å². The first-order valence-corrected chi connectivity index (χ1v) is 6.87. The second-order valence-corrected chi connectivity index (χ2v) is 5.13. The van der Waals surface area contributed by atoms with Crippen molar-refractivity contribution in [3.8, 4) is 0 Å². The van der Waals surface area contributed by atoms with E-state index in [1.54, 1.807) is 12.3 Å². The summed E-state index contributed by atoms with van der Waals surface area (Å²) in [6.07, 6.45) is 2.48. The molecule has 0 atom stereocenters. The number of rotatable bonds is 5. The normalized spacial score (nSPS) is 11.2. The zero-order valence-electron chi connectivity index (χ0n) is 12.2. The summed E-state index contributed by atoms with van der Waals surface area (Å²) in [6, 6.07) is 2.00. The van der Waals surface area contributed by atoms with Crippen molar-refractivity contribution in [2.45, 2.75) is 33.2 Å². The Kier molecular flexibility index (Phi) is 4.34. The first-order chi connectivity index (χ1) is 9.54. The second-order valence-electron chi connectivity index (χ2n) is 5.13. The predicted octanol–water partition coefficient (Wildman–Crippen LogP) is 1.40. The van der Waals surface area contributed by atoms with Gasteiger partial charge in [-0.2, -0.15) is 5.10 Å². The van der Waals surface area contributed by atoms with Gasteiger partial charge >= 0.3 is 0 Å². The number of nitrogens with zero attached hydrogens (tertiary/aromatic N) is 3. The van der Waals surface area contributed by atoms with Crippen LogP contribution in [0.25, 0.3) is 11.0 Å². The number of nitrogens with two attached hydrogens (primary N) is 1. The van der Waals surface area contributed by atoms with E-state index in [1.165, 1.54) is 0 Å². The number of hydrogen-bond acceptors (Lipinski definition) is 4. The summed E-state index contributed by atoms with van der Waals surface area (Å²) in [5.41, 5.74) is 7.61. The van der Waals surface area contributed by atoms with E-state index >= 15 is 0 Å². The van der Waals surface area contributed by atoms with E-state index in [2.05, 4.69) is 15.4 Å². The maximum atomic E-state index is 12.2. The van der Waals surface area contributed by atoms with Gasteiger partial charge in [0.25, 0.3) is 5.91 Å². The zero-order valence-corrected chi connectivity index (χ0v) is 12.2. The summed E-state index contributed by atoms with van der Waals surface area (Å²) in [4.78, 5) is 16.7. The number of amides is 1. The van der Waals surface area contributed by atoms with Gasteiger partial charge in [0.1, 0.15) is 0 Å². The molecule has 0 saturated carbocycles. The van der Waals surface area contributed by atoms with Gasteiger partial charge in [0.2, 0.25) is 0 Å². The molecule has 0 radical (unpaired) electrons. The van der Waals surface area contributed by atoms with Crippen LogP contribution in [0.1, 0.15) is 42.4 Å². The fourth-order valence-corrected chi connectivity index (χ4v) is 2.11. The van der Waals surface area contributed by atoms with E-state index in [1.807, 2.05) is 25.5 Å². The predicted molar refractivity (Wildman–Crippen MR) is 78.7 cm³/mol. The van der Waals surface area contributed by atoms with Crippen LogP contribution in [0.3, 0.4) is 0 Å². The Balaban J connectivity index is 2.40. The largest absolute Gasteiger partial charge is 0.352 e. The molecule has 3 N–H and O–H groups in total. The molecule has 2 aromatic heterocycles. The van der Waals surface area contributed by atoms with Crippen molar-refractivity contribution in [2.75, 3.05) is 13.1 Å². The lowest BCUT2D eigenvalue weighted by Gasteiger charge is -2.09. The average Bonchev–Trinajstić information content (AvgIpc) is 2.81. The lowest BCUT2D eigenvalue weighted by molar-refractivity contribution is 0.0955. The van der Waals surface area contributed by atoms with E-state index in [-0.39, 0.29) is 11.9 Å². The minimum atomic E-state index is -0.0998. The SMILES string of the molecule is Cc1cc(C(=O)NCCCN)c2cnn(C(C)C)c2n1. The maximum absolute atomic E-state index is 12.2. The standard InChI is InChI=1S/C14H21N5O/c1-9(2)19-13-12(8-17-19)11(7-10(3)18-13)14(20)16-6-4-5-15/h7-9H,4-6,15H2,1-3H3,(H,16,20). The van der Waals surface area contributed by atoms with Crippen molar-refractivity contribution in [1.82, 2.24) is 20.1 Å². The minimum Gasteiger partial charge on any atom is -0.352 e. The molecule has 0 aliphatic rings. The number of aryl methyl sites for hydroxylation is 1. The van der Waals surface area contributed by atoms with Gasteiger partial charge in [-0.1, -0.05) is 0 Å². The molecular weight excluding hydrogens is 254 g/mol. The van der Waals surface area contributed by atoms with Crippen LogP contribution >= 0.6 is 0 Å². The van der Waals surface area contributed by atoms with Gasteiger partial charge in [-0.25, -0.2) is 9.67 Å². The highest BCUT2D eigenvalue weighted by molar-refractivity contribution is 6.05. The fraction of sp³-hybridized carbons (Fsp3) is 0.500. The zero-order chi connectivity index (χ0) is 14.7. The summed E-state index contributed by atoms with van der Waals surface area (Å²) >= 11 is 0. The van der Waals surface area contributed by atoms with E-state index in [0.717, 1.165) is 23.1 Å². The Morgan fingerprint density at radius 2 is 2.25 bits per heavy atom. The molecule has 0 aromatic carbocycles. The van der Waals surface area contributed by atoms with E-state index in [9.17, 15) is 4.79 Å². The van der Waals surface area contributed by atoms with Crippen LogP contribution in [-0.4, -0.2) is 33.8 Å². The smallest absolute Gasteiger partial charge is 0.252 e. The minimum absolute atomic E-state index is 0.0998. The van der Waals surface area contributed by atoms with E-state index < -0.39 is 0 Å². The van der Waals surface area contributed by atoms with Gasteiger partial charge in [-0.05, 0) is 39.8 Å². The Morgan fingerprint density at radius 3 is 2.90 bits per heavy atom. The third kappa shape index (κ3) is 2.80. The van der Waals surface area contributed by atoms with Gasteiger partial charge in [0.05, 0.1) is 17.1 Å². The average molecular weight is 275 g/mol. The van der Waals surface area contributed by atoms with E-state index in [4.69, 9.17) is 5.73 Å². The summed E-state index contributed by atoms with van der Waals surface area (Å²) in [6.45, 7) is 7.11. The van der Waals surface area contributed by atoms with Crippen LogP contribution in [0.5, 0.6) is 0 Å². The first kappa shape index (κ1) is 14.5. The molecule has 0 saturated heterocycles. The van der Waals surface area contributed by atoms with Crippen LogP contribution in [0.2, 0.25) is 0 Å². The van der Waals surface area contributed by atoms with Crippen molar-refractivity contribution < 1.29 is 4.79 Å². The van der Waals surface area contributed by atoms with Crippen molar-refractivity contribution >= 4 is 16.9 Å². The highest BCUT2D eigenvalue weighted by atomic mass is 16.1. The molecule has 0 unspecified atom stereocenters. The fourth-order valence-electron chi connectivity index (χ4n) is 2.11. The van der Waals surface area contributed by atoms with Crippen molar-refractivity contribution in [1.29, 1.82) is 0 Å². The molecule has 2 rings (SSSR count). The van der Waals surface area contributed by atoms with Gasteiger partial charge < -0.3 is 11.1 Å². The lowest BCUT2D eigenvalue weighted by Crippen LogP contribution is -2.26. The molecule has 0 spiro atoms. The topological polar surface area (TPSA) is 85.8 Å². The number of fused-ring (bicyclic) bond motifs is 1. The monoisotopic (exact) mass is 275 g/mol. The summed E-state index contributed by atoms with van der Waals surface area (Å²) < 4.78 is 1.83. The van der Waals surface area contributed by atoms with Crippen LogP contribution in [0.15, 0.2) is 12.3 Å². The highest BCUT2D eigenvalue weighted by Crippen LogP contribution is 2.20. The van der Waals surface area contributed by atoms with E-state index in [0.29, 0.717) is 18.7 Å². The molecule has 0 bridgehead atoms. The van der Waals surface area contributed by atoms with Crippen molar-refractivity contribution in [2.24, 2.45) is 5.73 Å². The molecule has 0 aliphatic carbocycles. The number of nitrogens with one attached hydrogen (secondary N) is 1. The Morgan fingerprint density at radius 1 is 1.50 bits per heavy atom. The van der Waals surface area contributed by atoms with Crippen molar-refractivity contribution in [3.63, 3.8) is 0 Å². The number of carbonyl (C=O) groups is 1. The van der Waals surface area contributed by atoms with Crippen LogP contribution < -0.4 is 11.1 Å². The summed E-state index contributed by atoms with van der Waals surface area (Å²) in [5.74, 6) is -0.0998. The second kappa shape index (κ2) is 6.00. The van der Waals surface area contributed by atoms with Crippen molar-refractivity contribution in [3.05, 3.63) is 23.5 Å². The number of pyridine rings is 1. The molecule has 6 nitrogen and oxygen atoms in total. The summed E-state index contributed by atoms with van der Waals surface area (Å²) in [5, 5.41) is 7.99. The molecule has 108 valence electrons. The quantitative estimate of drug-likeness (QED) is 0.808. The van der Waals surface area contributed by atoms with Gasteiger partial charge in [0.15, 0.2) is 5.65 Å². The van der Waals surface area contributed by atoms with Gasteiger partial charge in [-0.15, -0.1) is 0 Å². The van der Waals surface area contributed by atoms with Gasteiger partial charge in [-0.3, -0.25) is 4.79 Å². The molecule has 2 heterocycles. The molecule has 1 amide bonds. The number of aromatic nitrogens is 3. The Hall–Kier alpha value is -1.95. The summed E-state index contributed by atoms with van der Waals surface area (Å²) in [7, 11) is 0. The number of carbonyl (C=O) groups excluding carboxylic acids is 1. The maximum Gasteiger partial charge on any atom is 0.252 e. The third-order valence-corrected chi connectivity index (χ3v) is 3.10. The highest BCUT2D eigenvalue weighted by Gasteiger charge is 2.16. The van der Waals surface area contributed by atoms with Crippen LogP contribution in [0.4, 0.5) is 0 Å². The molecule has 2 aromatic rings. The molecule has 20 heavy (non-hydrogen) atoms. The Labute approximate surface area is 118 Å². The van der Waals surface area contributed by atoms with Crippen LogP contribution in [0, 0.1) is 6.92 Å². The molecular formula is C14H21N5O. The Bertz CT molecular complexity index is 617.